The molecule has 19 heavy (non-hydrogen) atoms. The van der Waals surface area contributed by atoms with Gasteiger partial charge in [-0.15, -0.1) is 0 Å². The van der Waals surface area contributed by atoms with Crippen LogP contribution in [0.3, 0.4) is 0 Å². The Balaban J connectivity index is 2.39. The Labute approximate surface area is 117 Å². The quantitative estimate of drug-likeness (QED) is 0.865. The lowest BCUT2D eigenvalue weighted by atomic mass is 10.3. The van der Waals surface area contributed by atoms with Crippen LogP contribution in [0.5, 0.6) is 0 Å². The minimum atomic E-state index is -0.0208. The smallest absolute Gasteiger partial charge is 0.297 e. The lowest BCUT2D eigenvalue weighted by molar-refractivity contribution is 0.548. The molecule has 0 spiro atoms. The third kappa shape index (κ3) is 2.47. The minimum Gasteiger partial charge on any atom is -0.297 e. The van der Waals surface area contributed by atoms with Gasteiger partial charge in [0, 0.05) is 25.0 Å². The average Bonchev–Trinajstić information content (AvgIpc) is 2.85. The molecule has 0 unspecified atom stereocenters. The van der Waals surface area contributed by atoms with E-state index in [1.165, 1.54) is 0 Å². The van der Waals surface area contributed by atoms with Crippen LogP contribution in [-0.2, 0) is 13.1 Å². The highest BCUT2D eigenvalue weighted by Gasteiger charge is 2.15. The summed E-state index contributed by atoms with van der Waals surface area (Å²) in [5, 5.41) is 5.00. The van der Waals surface area contributed by atoms with E-state index in [-0.39, 0.29) is 11.7 Å². The van der Waals surface area contributed by atoms with Gasteiger partial charge in [0.05, 0.1) is 23.0 Å². The average molecular weight is 283 g/mol. The number of hydrogen-bond donors (Lipinski definition) is 0. The predicted octanol–water partition coefficient (Wildman–Crippen LogP) is 2.46. The van der Waals surface area contributed by atoms with Crippen LogP contribution in [0.1, 0.15) is 38.2 Å². The minimum absolute atomic E-state index is 0.0208. The molecule has 104 valence electrons. The van der Waals surface area contributed by atoms with Crippen LogP contribution in [0, 0.1) is 6.92 Å². The Kier molecular flexibility index (Phi) is 3.85. The second kappa shape index (κ2) is 5.25. The number of hydrogen-bond acceptors (Lipinski definition) is 2. The Morgan fingerprint density at radius 3 is 2.58 bits per heavy atom. The first-order valence-electron chi connectivity index (χ1n) is 6.44. The molecule has 0 fully saturated rings. The van der Waals surface area contributed by atoms with E-state index in [1.807, 2.05) is 32.4 Å². The van der Waals surface area contributed by atoms with Crippen molar-refractivity contribution in [2.24, 2.45) is 0 Å². The van der Waals surface area contributed by atoms with Crippen molar-refractivity contribution in [3.05, 3.63) is 39.3 Å². The summed E-state index contributed by atoms with van der Waals surface area (Å²) in [6, 6.07) is 0.155. The molecule has 0 atom stereocenters. The molecule has 0 aliphatic rings. The van der Waals surface area contributed by atoms with Crippen molar-refractivity contribution < 1.29 is 0 Å². The van der Waals surface area contributed by atoms with Crippen molar-refractivity contribution in [2.75, 3.05) is 0 Å². The van der Waals surface area contributed by atoms with Crippen LogP contribution in [0.4, 0.5) is 0 Å². The number of aryl methyl sites for hydroxylation is 2. The largest absolute Gasteiger partial charge is 0.328 e. The molecule has 0 bridgehead atoms. The summed E-state index contributed by atoms with van der Waals surface area (Å²) in [5.74, 6) is 0. The van der Waals surface area contributed by atoms with E-state index < -0.39 is 0 Å². The summed E-state index contributed by atoms with van der Waals surface area (Å²) in [4.78, 5) is 12.2. The first-order chi connectivity index (χ1) is 8.95. The molecule has 2 aromatic rings. The van der Waals surface area contributed by atoms with Gasteiger partial charge in [0.15, 0.2) is 0 Å². The van der Waals surface area contributed by atoms with E-state index >= 15 is 0 Å². The predicted molar refractivity (Wildman–Crippen MR) is 75.8 cm³/mol. The van der Waals surface area contributed by atoms with E-state index in [1.54, 1.807) is 21.5 Å². The van der Waals surface area contributed by atoms with Crippen LogP contribution >= 0.6 is 11.6 Å². The van der Waals surface area contributed by atoms with Crippen LogP contribution < -0.4 is 5.69 Å². The number of imidazole rings is 1. The zero-order chi connectivity index (χ0) is 14.2. The molecule has 0 amide bonds. The first-order valence-corrected chi connectivity index (χ1v) is 6.82. The monoisotopic (exact) mass is 282 g/mol. The maximum Gasteiger partial charge on any atom is 0.328 e. The fraction of sp³-hybridized carbons (Fsp3) is 0.538. The standard InChI is InChI=1S/C13H19ClN4O/c1-5-18-11(12(14)10(4)15-18)8-16-6-7-17(9(2)3)13(16)19/h6-7,9H,5,8H2,1-4H3. The van der Waals surface area contributed by atoms with Crippen molar-refractivity contribution in [1.82, 2.24) is 18.9 Å². The number of halogens is 1. The van der Waals surface area contributed by atoms with E-state index in [0.717, 1.165) is 17.9 Å². The molecule has 0 aliphatic heterocycles. The number of rotatable bonds is 4. The summed E-state index contributed by atoms with van der Waals surface area (Å²) < 4.78 is 5.21. The molecule has 2 rings (SSSR count). The zero-order valence-corrected chi connectivity index (χ0v) is 12.5. The molecule has 6 heteroatoms. The summed E-state index contributed by atoms with van der Waals surface area (Å²) in [5.41, 5.74) is 1.66. The molecule has 0 aromatic carbocycles. The van der Waals surface area contributed by atoms with E-state index in [4.69, 9.17) is 11.6 Å². The van der Waals surface area contributed by atoms with Gasteiger partial charge < -0.3 is 0 Å². The highest BCUT2D eigenvalue weighted by Crippen LogP contribution is 2.20. The third-order valence-electron chi connectivity index (χ3n) is 3.20. The molecule has 0 N–H and O–H groups in total. The molecular weight excluding hydrogens is 264 g/mol. The van der Waals surface area contributed by atoms with Crippen molar-refractivity contribution >= 4 is 11.6 Å². The Hall–Kier alpha value is -1.49. The van der Waals surface area contributed by atoms with Gasteiger partial charge in [0.25, 0.3) is 0 Å². The lowest BCUT2D eigenvalue weighted by Gasteiger charge is -2.07. The molecule has 0 saturated heterocycles. The summed E-state index contributed by atoms with van der Waals surface area (Å²) in [7, 11) is 0. The van der Waals surface area contributed by atoms with E-state index in [2.05, 4.69) is 5.10 Å². The lowest BCUT2D eigenvalue weighted by Crippen LogP contribution is -2.26. The zero-order valence-electron chi connectivity index (χ0n) is 11.7. The molecule has 5 nitrogen and oxygen atoms in total. The van der Waals surface area contributed by atoms with E-state index in [0.29, 0.717) is 11.6 Å². The van der Waals surface area contributed by atoms with Gasteiger partial charge in [0.1, 0.15) is 0 Å². The summed E-state index contributed by atoms with van der Waals surface area (Å²) in [6.45, 7) is 9.04. The Morgan fingerprint density at radius 1 is 1.37 bits per heavy atom. The second-order valence-electron chi connectivity index (χ2n) is 4.87. The van der Waals surface area contributed by atoms with Crippen molar-refractivity contribution in [3.8, 4) is 0 Å². The van der Waals surface area contributed by atoms with E-state index in [9.17, 15) is 4.79 Å². The first kappa shape index (κ1) is 13.9. The Bertz CT molecular complexity index is 636. The van der Waals surface area contributed by atoms with Gasteiger partial charge in [0.2, 0.25) is 0 Å². The molecular formula is C13H19ClN4O. The summed E-state index contributed by atoms with van der Waals surface area (Å²) in [6.07, 6.45) is 3.60. The number of nitrogens with zero attached hydrogens (tertiary/aromatic N) is 4. The Morgan fingerprint density at radius 2 is 2.05 bits per heavy atom. The van der Waals surface area contributed by atoms with Crippen LogP contribution in [0.15, 0.2) is 17.2 Å². The van der Waals surface area contributed by atoms with Crippen molar-refractivity contribution in [3.63, 3.8) is 0 Å². The normalized spacial score (nSPS) is 11.5. The maximum atomic E-state index is 12.2. The van der Waals surface area contributed by atoms with Crippen molar-refractivity contribution in [1.29, 1.82) is 0 Å². The van der Waals surface area contributed by atoms with Crippen LogP contribution in [0.2, 0.25) is 5.02 Å². The SMILES string of the molecule is CCn1nc(C)c(Cl)c1Cn1ccn(C(C)C)c1=O. The molecule has 0 radical (unpaired) electrons. The summed E-state index contributed by atoms with van der Waals surface area (Å²) >= 11 is 6.26. The van der Waals surface area contributed by atoms with Gasteiger partial charge in [-0.3, -0.25) is 13.8 Å². The molecule has 0 saturated carbocycles. The van der Waals surface area contributed by atoms with Crippen molar-refractivity contribution in [2.45, 2.75) is 46.8 Å². The highest BCUT2D eigenvalue weighted by molar-refractivity contribution is 6.31. The fourth-order valence-corrected chi connectivity index (χ4v) is 2.32. The number of aromatic nitrogens is 4. The maximum absolute atomic E-state index is 12.2. The van der Waals surface area contributed by atoms with Gasteiger partial charge in [-0.2, -0.15) is 5.10 Å². The van der Waals surface area contributed by atoms with Crippen LogP contribution in [-0.4, -0.2) is 18.9 Å². The molecule has 2 aromatic heterocycles. The molecule has 2 heterocycles. The third-order valence-corrected chi connectivity index (χ3v) is 3.69. The highest BCUT2D eigenvalue weighted by atomic mass is 35.5. The molecule has 0 aliphatic carbocycles. The fourth-order valence-electron chi connectivity index (χ4n) is 2.12. The van der Waals surface area contributed by atoms with Gasteiger partial charge in [-0.25, -0.2) is 4.79 Å². The van der Waals surface area contributed by atoms with Crippen LogP contribution in [0.25, 0.3) is 0 Å². The van der Waals surface area contributed by atoms with Gasteiger partial charge in [-0.05, 0) is 27.7 Å². The topological polar surface area (TPSA) is 44.8 Å². The van der Waals surface area contributed by atoms with Gasteiger partial charge in [-0.1, -0.05) is 11.6 Å². The van der Waals surface area contributed by atoms with Gasteiger partial charge >= 0.3 is 5.69 Å². The second-order valence-corrected chi connectivity index (χ2v) is 5.25.